The number of aliphatic carboxylic acids is 1. The van der Waals surface area contributed by atoms with Crippen molar-refractivity contribution in [1.82, 2.24) is 5.32 Å². The molecule has 19 heavy (non-hydrogen) atoms. The fraction of sp³-hybridized carbons (Fsp3) is 0.385. The maximum absolute atomic E-state index is 13.4. The van der Waals surface area contributed by atoms with Gasteiger partial charge < -0.3 is 10.4 Å². The summed E-state index contributed by atoms with van der Waals surface area (Å²) in [4.78, 5) is 22.5. The van der Waals surface area contributed by atoms with Crippen molar-refractivity contribution in [3.63, 3.8) is 0 Å². The number of carbonyl (C=O) groups excluding carboxylic acids is 1. The van der Waals surface area contributed by atoms with Crippen molar-refractivity contribution >= 4 is 11.9 Å². The summed E-state index contributed by atoms with van der Waals surface area (Å²) in [7, 11) is 0. The standard InChI is InChI=1S/C13H13F2NO3/c14-8-3-4-10(15)9(5-8)13(19)16-11(6-12(17)18)7-1-2-7/h3-5,7,11H,1-2,6H2,(H,16,19)(H,17,18). The lowest BCUT2D eigenvalue weighted by atomic mass is 10.1. The number of hydrogen-bond donors (Lipinski definition) is 2. The van der Waals surface area contributed by atoms with Crippen molar-refractivity contribution < 1.29 is 23.5 Å². The van der Waals surface area contributed by atoms with E-state index in [1.807, 2.05) is 0 Å². The zero-order valence-corrected chi connectivity index (χ0v) is 10.0. The minimum absolute atomic E-state index is 0.108. The minimum Gasteiger partial charge on any atom is -0.481 e. The quantitative estimate of drug-likeness (QED) is 0.858. The first-order valence-corrected chi connectivity index (χ1v) is 5.95. The van der Waals surface area contributed by atoms with Crippen molar-refractivity contribution in [3.05, 3.63) is 35.4 Å². The first kappa shape index (κ1) is 13.5. The third kappa shape index (κ3) is 3.49. The molecule has 0 aliphatic heterocycles. The predicted octanol–water partition coefficient (Wildman–Crippen LogP) is 1.95. The van der Waals surface area contributed by atoms with Gasteiger partial charge in [0.05, 0.1) is 12.0 Å². The van der Waals surface area contributed by atoms with Crippen LogP contribution in [0, 0.1) is 17.6 Å². The van der Waals surface area contributed by atoms with Crippen molar-refractivity contribution in [1.29, 1.82) is 0 Å². The lowest BCUT2D eigenvalue weighted by Crippen LogP contribution is -2.38. The first-order valence-electron chi connectivity index (χ1n) is 5.95. The Balaban J connectivity index is 2.10. The van der Waals surface area contributed by atoms with E-state index in [-0.39, 0.29) is 12.3 Å². The van der Waals surface area contributed by atoms with Crippen LogP contribution in [0.25, 0.3) is 0 Å². The molecule has 0 radical (unpaired) electrons. The van der Waals surface area contributed by atoms with Crippen molar-refractivity contribution in [2.75, 3.05) is 0 Å². The van der Waals surface area contributed by atoms with Crippen LogP contribution in [0.1, 0.15) is 29.6 Å². The van der Waals surface area contributed by atoms with Crippen LogP contribution in [0.5, 0.6) is 0 Å². The first-order chi connectivity index (χ1) is 8.97. The highest BCUT2D eigenvalue weighted by atomic mass is 19.1. The third-order valence-corrected chi connectivity index (χ3v) is 3.08. The summed E-state index contributed by atoms with van der Waals surface area (Å²) in [5.41, 5.74) is -0.406. The molecule has 1 aliphatic carbocycles. The zero-order valence-electron chi connectivity index (χ0n) is 10.0. The molecule has 1 atom stereocenters. The summed E-state index contributed by atoms with van der Waals surface area (Å²) in [6, 6.07) is 2.05. The number of carbonyl (C=O) groups is 2. The molecule has 1 unspecified atom stereocenters. The lowest BCUT2D eigenvalue weighted by molar-refractivity contribution is -0.137. The van der Waals surface area contributed by atoms with Crippen LogP contribution < -0.4 is 5.32 Å². The van der Waals surface area contributed by atoms with E-state index in [1.165, 1.54) is 0 Å². The third-order valence-electron chi connectivity index (χ3n) is 3.08. The summed E-state index contributed by atoms with van der Waals surface area (Å²) in [6.45, 7) is 0. The average molecular weight is 269 g/mol. The molecule has 1 fully saturated rings. The maximum atomic E-state index is 13.4. The lowest BCUT2D eigenvalue weighted by Gasteiger charge is -2.16. The molecule has 1 aromatic carbocycles. The second-order valence-corrected chi connectivity index (χ2v) is 4.64. The maximum Gasteiger partial charge on any atom is 0.305 e. The minimum atomic E-state index is -1.03. The van der Waals surface area contributed by atoms with Gasteiger partial charge in [-0.15, -0.1) is 0 Å². The van der Waals surface area contributed by atoms with E-state index in [9.17, 15) is 18.4 Å². The highest BCUT2D eigenvalue weighted by molar-refractivity contribution is 5.94. The fourth-order valence-electron chi connectivity index (χ4n) is 1.94. The average Bonchev–Trinajstić information content (AvgIpc) is 3.14. The number of rotatable bonds is 5. The second kappa shape index (κ2) is 5.34. The topological polar surface area (TPSA) is 66.4 Å². The van der Waals surface area contributed by atoms with E-state index in [0.717, 1.165) is 31.0 Å². The molecular weight excluding hydrogens is 256 g/mol. The molecule has 1 aliphatic rings. The van der Waals surface area contributed by atoms with Gasteiger partial charge in [-0.1, -0.05) is 0 Å². The molecule has 1 saturated carbocycles. The van der Waals surface area contributed by atoms with E-state index in [0.29, 0.717) is 0 Å². The van der Waals surface area contributed by atoms with Gasteiger partial charge in [-0.3, -0.25) is 9.59 Å². The van der Waals surface area contributed by atoms with Gasteiger partial charge in [-0.25, -0.2) is 8.78 Å². The highest BCUT2D eigenvalue weighted by Crippen LogP contribution is 2.34. The van der Waals surface area contributed by atoms with Crippen LogP contribution in [-0.2, 0) is 4.79 Å². The second-order valence-electron chi connectivity index (χ2n) is 4.64. The van der Waals surface area contributed by atoms with E-state index >= 15 is 0 Å². The van der Waals surface area contributed by atoms with Crippen molar-refractivity contribution in [2.24, 2.45) is 5.92 Å². The Morgan fingerprint density at radius 3 is 2.63 bits per heavy atom. The number of carboxylic acid groups (broad SMARTS) is 1. The number of nitrogens with one attached hydrogen (secondary N) is 1. The van der Waals surface area contributed by atoms with Crippen LogP contribution in [0.4, 0.5) is 8.78 Å². The number of hydrogen-bond acceptors (Lipinski definition) is 2. The monoisotopic (exact) mass is 269 g/mol. The van der Waals surface area contributed by atoms with Crippen LogP contribution in [0.2, 0.25) is 0 Å². The van der Waals surface area contributed by atoms with Gasteiger partial charge in [0, 0.05) is 6.04 Å². The summed E-state index contributed by atoms with van der Waals surface area (Å²) in [6.07, 6.45) is 1.46. The Morgan fingerprint density at radius 2 is 2.05 bits per heavy atom. The SMILES string of the molecule is O=C(O)CC(NC(=O)c1cc(F)ccc1F)C1CC1. The Hall–Kier alpha value is -1.98. The number of benzene rings is 1. The number of carboxylic acids is 1. The van der Waals surface area contributed by atoms with Crippen molar-refractivity contribution in [2.45, 2.75) is 25.3 Å². The molecule has 6 heteroatoms. The molecule has 0 heterocycles. The number of halogens is 2. The number of amides is 1. The van der Waals surface area contributed by atoms with Crippen LogP contribution in [0.3, 0.4) is 0 Å². The van der Waals surface area contributed by atoms with Gasteiger partial charge in [-0.05, 0) is 37.0 Å². The molecule has 102 valence electrons. The molecule has 2 rings (SSSR count). The molecule has 0 saturated heterocycles. The van der Waals surface area contributed by atoms with Crippen LogP contribution in [0.15, 0.2) is 18.2 Å². The Morgan fingerprint density at radius 1 is 1.37 bits per heavy atom. The molecule has 1 amide bonds. The summed E-state index contributed by atoms with van der Waals surface area (Å²) in [5, 5.41) is 11.2. The fourth-order valence-corrected chi connectivity index (χ4v) is 1.94. The predicted molar refractivity (Wildman–Crippen MR) is 62.6 cm³/mol. The summed E-state index contributed by atoms with van der Waals surface area (Å²) >= 11 is 0. The molecule has 0 aromatic heterocycles. The normalized spacial score (nSPS) is 15.9. The Bertz CT molecular complexity index is 515. The van der Waals surface area contributed by atoms with Crippen LogP contribution in [-0.4, -0.2) is 23.0 Å². The van der Waals surface area contributed by atoms with E-state index < -0.39 is 35.1 Å². The molecule has 2 N–H and O–H groups in total. The zero-order chi connectivity index (χ0) is 14.0. The van der Waals surface area contributed by atoms with Crippen LogP contribution >= 0.6 is 0 Å². The van der Waals surface area contributed by atoms with Gasteiger partial charge in [0.1, 0.15) is 11.6 Å². The van der Waals surface area contributed by atoms with Gasteiger partial charge in [0.2, 0.25) is 0 Å². The van der Waals surface area contributed by atoms with Gasteiger partial charge in [-0.2, -0.15) is 0 Å². The van der Waals surface area contributed by atoms with Gasteiger partial charge in [0.25, 0.3) is 5.91 Å². The van der Waals surface area contributed by atoms with E-state index in [2.05, 4.69) is 5.32 Å². The van der Waals surface area contributed by atoms with E-state index in [1.54, 1.807) is 0 Å². The van der Waals surface area contributed by atoms with Gasteiger partial charge in [0.15, 0.2) is 0 Å². The molecule has 0 bridgehead atoms. The molecule has 1 aromatic rings. The van der Waals surface area contributed by atoms with Gasteiger partial charge >= 0.3 is 5.97 Å². The largest absolute Gasteiger partial charge is 0.481 e. The molecule has 4 nitrogen and oxygen atoms in total. The summed E-state index contributed by atoms with van der Waals surface area (Å²) in [5.74, 6) is -3.25. The summed E-state index contributed by atoms with van der Waals surface area (Å²) < 4.78 is 26.4. The Kier molecular flexibility index (Phi) is 3.78. The molecular formula is C13H13F2NO3. The highest BCUT2D eigenvalue weighted by Gasteiger charge is 2.34. The molecule has 0 spiro atoms. The van der Waals surface area contributed by atoms with Crippen molar-refractivity contribution in [3.8, 4) is 0 Å². The van der Waals surface area contributed by atoms with E-state index in [4.69, 9.17) is 5.11 Å². The smallest absolute Gasteiger partial charge is 0.305 e. The Labute approximate surface area is 108 Å².